The van der Waals surface area contributed by atoms with Crippen molar-refractivity contribution in [1.29, 1.82) is 0 Å². The van der Waals surface area contributed by atoms with E-state index in [2.05, 4.69) is 41.1 Å². The van der Waals surface area contributed by atoms with Gasteiger partial charge in [-0.25, -0.2) is 13.6 Å². The molecule has 176 valence electrons. The van der Waals surface area contributed by atoms with E-state index in [1.165, 1.54) is 17.0 Å². The minimum Gasteiger partial charge on any atom is -0.341 e. The van der Waals surface area contributed by atoms with Gasteiger partial charge in [-0.15, -0.1) is 0 Å². The van der Waals surface area contributed by atoms with Crippen molar-refractivity contribution >= 4 is 33.5 Å². The first-order valence-corrected chi connectivity index (χ1v) is 11.6. The fourth-order valence-corrected chi connectivity index (χ4v) is 4.55. The van der Waals surface area contributed by atoms with Gasteiger partial charge in [0.25, 0.3) is 0 Å². The van der Waals surface area contributed by atoms with E-state index in [1.54, 1.807) is 4.90 Å². The van der Waals surface area contributed by atoms with Crippen LogP contribution in [0.25, 0.3) is 21.8 Å². The van der Waals surface area contributed by atoms with Crippen LogP contribution in [0, 0.1) is 11.6 Å². The molecular weight excluding hydrogens is 444 g/mol. The van der Waals surface area contributed by atoms with Crippen LogP contribution < -0.4 is 5.32 Å². The zero-order valence-corrected chi connectivity index (χ0v) is 19.3. The van der Waals surface area contributed by atoms with E-state index in [0.29, 0.717) is 13.1 Å². The maximum absolute atomic E-state index is 14.2. The second-order valence-corrected chi connectivity index (χ2v) is 8.51. The topological polar surface area (TPSA) is 37.3 Å². The van der Waals surface area contributed by atoms with Crippen molar-refractivity contribution in [2.45, 2.75) is 26.6 Å². The van der Waals surface area contributed by atoms with Crippen molar-refractivity contribution in [3.05, 3.63) is 114 Å². The molecule has 0 spiro atoms. The molecule has 1 aromatic heterocycles. The molecule has 0 unspecified atom stereocenters. The maximum Gasteiger partial charge on any atom is 0.322 e. The summed E-state index contributed by atoms with van der Waals surface area (Å²) in [6, 6.07) is 26.8. The summed E-state index contributed by atoms with van der Waals surface area (Å²) >= 11 is 0. The Balaban J connectivity index is 1.49. The Labute approximate surface area is 202 Å². The average Bonchev–Trinajstić information content (AvgIpc) is 3.19. The number of aromatic nitrogens is 1. The summed E-state index contributed by atoms with van der Waals surface area (Å²) in [6.07, 6.45) is 0. The first kappa shape index (κ1) is 22.6. The Hall–Kier alpha value is -4.19. The van der Waals surface area contributed by atoms with Gasteiger partial charge in [0, 0.05) is 47.5 Å². The highest BCUT2D eigenvalue weighted by atomic mass is 19.1. The minimum atomic E-state index is -0.813. The largest absolute Gasteiger partial charge is 0.341 e. The van der Waals surface area contributed by atoms with Crippen LogP contribution >= 0.6 is 0 Å². The summed E-state index contributed by atoms with van der Waals surface area (Å²) in [7, 11) is 0. The lowest BCUT2D eigenvalue weighted by molar-refractivity contribution is 0.206. The Bertz CT molecular complexity index is 1510. The molecule has 1 heterocycles. The standard InChI is InChI=1S/C29H25F2N3O/c1-2-34-27-11-7-6-10-23(27)24-16-21(12-15-28(24)34)19-33(18-20-8-4-3-5-9-20)29(35)32-26-14-13-22(30)17-25(26)31/h3-17H,2,18-19H2,1H3,(H,32,35). The monoisotopic (exact) mass is 469 g/mol. The molecule has 0 atom stereocenters. The van der Waals surface area contributed by atoms with Gasteiger partial charge in [-0.05, 0) is 48.4 Å². The van der Waals surface area contributed by atoms with Gasteiger partial charge in [0.2, 0.25) is 0 Å². The van der Waals surface area contributed by atoms with Gasteiger partial charge >= 0.3 is 6.03 Å². The second kappa shape index (κ2) is 9.58. The van der Waals surface area contributed by atoms with E-state index in [0.717, 1.165) is 40.7 Å². The highest BCUT2D eigenvalue weighted by molar-refractivity contribution is 6.08. The molecule has 2 amide bonds. The molecule has 0 radical (unpaired) electrons. The van der Waals surface area contributed by atoms with Crippen molar-refractivity contribution in [1.82, 2.24) is 9.47 Å². The number of para-hydroxylation sites is 1. The van der Waals surface area contributed by atoms with E-state index in [1.807, 2.05) is 48.5 Å². The second-order valence-electron chi connectivity index (χ2n) is 8.51. The lowest BCUT2D eigenvalue weighted by Crippen LogP contribution is -2.34. The van der Waals surface area contributed by atoms with Crippen LogP contribution in [0.5, 0.6) is 0 Å². The highest BCUT2D eigenvalue weighted by Crippen LogP contribution is 2.30. The van der Waals surface area contributed by atoms with Crippen molar-refractivity contribution in [3.63, 3.8) is 0 Å². The number of rotatable bonds is 6. The predicted octanol–water partition coefficient (Wildman–Crippen LogP) is 7.33. The molecule has 0 bridgehead atoms. The van der Waals surface area contributed by atoms with Crippen molar-refractivity contribution in [2.24, 2.45) is 0 Å². The smallest absolute Gasteiger partial charge is 0.322 e. The molecule has 5 aromatic rings. The normalized spacial score (nSPS) is 11.2. The molecule has 4 aromatic carbocycles. The first-order chi connectivity index (χ1) is 17.0. The van der Waals surface area contributed by atoms with Crippen molar-refractivity contribution < 1.29 is 13.6 Å². The van der Waals surface area contributed by atoms with E-state index in [4.69, 9.17) is 0 Å². The SMILES string of the molecule is CCn1c2ccccc2c2cc(CN(Cc3ccccc3)C(=O)Nc3ccc(F)cc3F)ccc21. The number of anilines is 1. The predicted molar refractivity (Wildman–Crippen MR) is 136 cm³/mol. The van der Waals surface area contributed by atoms with Crippen molar-refractivity contribution in [3.8, 4) is 0 Å². The lowest BCUT2D eigenvalue weighted by atomic mass is 10.1. The number of halogens is 2. The molecule has 0 aliphatic rings. The van der Waals surface area contributed by atoms with E-state index >= 15 is 0 Å². The maximum atomic E-state index is 14.2. The van der Waals surface area contributed by atoms with Crippen LogP contribution in [0.1, 0.15) is 18.1 Å². The average molecular weight is 470 g/mol. The Morgan fingerprint density at radius 3 is 2.29 bits per heavy atom. The van der Waals surface area contributed by atoms with Gasteiger partial charge in [-0.1, -0.05) is 54.6 Å². The van der Waals surface area contributed by atoms with Crippen LogP contribution in [0.4, 0.5) is 19.3 Å². The summed E-state index contributed by atoms with van der Waals surface area (Å²) in [5.74, 6) is -1.51. The van der Waals surface area contributed by atoms with Crippen LogP contribution in [-0.4, -0.2) is 15.5 Å². The quantitative estimate of drug-likeness (QED) is 0.278. The molecule has 6 heteroatoms. The number of carbonyl (C=O) groups excluding carboxylic acids is 1. The number of nitrogens with zero attached hydrogens (tertiary/aromatic N) is 2. The number of aryl methyl sites for hydroxylation is 1. The third-order valence-electron chi connectivity index (χ3n) is 6.20. The Morgan fingerprint density at radius 2 is 1.51 bits per heavy atom. The summed E-state index contributed by atoms with van der Waals surface area (Å²) in [5, 5.41) is 4.89. The molecule has 0 aliphatic carbocycles. The fraction of sp³-hybridized carbons (Fsp3) is 0.138. The van der Waals surface area contributed by atoms with Crippen LogP contribution in [0.2, 0.25) is 0 Å². The third kappa shape index (κ3) is 4.60. The number of amides is 2. The van der Waals surface area contributed by atoms with Crippen LogP contribution in [0.15, 0.2) is 91.0 Å². The minimum absolute atomic E-state index is 0.0593. The first-order valence-electron chi connectivity index (χ1n) is 11.6. The number of nitrogens with one attached hydrogen (secondary N) is 1. The van der Waals surface area contributed by atoms with Crippen LogP contribution in [-0.2, 0) is 19.6 Å². The fourth-order valence-electron chi connectivity index (χ4n) is 4.55. The van der Waals surface area contributed by atoms with Gasteiger partial charge in [0.15, 0.2) is 0 Å². The highest BCUT2D eigenvalue weighted by Gasteiger charge is 2.18. The third-order valence-corrected chi connectivity index (χ3v) is 6.20. The van der Waals surface area contributed by atoms with Gasteiger partial charge in [-0.3, -0.25) is 0 Å². The molecule has 0 saturated heterocycles. The molecule has 1 N–H and O–H groups in total. The zero-order valence-electron chi connectivity index (χ0n) is 19.3. The van der Waals surface area contributed by atoms with E-state index in [9.17, 15) is 13.6 Å². The number of fused-ring (bicyclic) bond motifs is 3. The summed E-state index contributed by atoms with van der Waals surface area (Å²) < 4.78 is 29.8. The number of benzene rings is 4. The Morgan fingerprint density at radius 1 is 0.800 bits per heavy atom. The lowest BCUT2D eigenvalue weighted by Gasteiger charge is -2.24. The van der Waals surface area contributed by atoms with Gasteiger partial charge in [-0.2, -0.15) is 0 Å². The Kier molecular flexibility index (Phi) is 6.19. The van der Waals surface area contributed by atoms with Gasteiger partial charge in [0.05, 0.1) is 5.69 Å². The van der Waals surface area contributed by atoms with Gasteiger partial charge in [0.1, 0.15) is 11.6 Å². The van der Waals surface area contributed by atoms with E-state index in [-0.39, 0.29) is 5.69 Å². The van der Waals surface area contributed by atoms with Gasteiger partial charge < -0.3 is 14.8 Å². The summed E-state index contributed by atoms with van der Waals surface area (Å²) in [5.41, 5.74) is 4.17. The van der Waals surface area contributed by atoms with Crippen LogP contribution in [0.3, 0.4) is 0 Å². The molecule has 0 saturated carbocycles. The number of carbonyl (C=O) groups is 1. The number of urea groups is 1. The molecular formula is C29H25F2N3O. The molecule has 0 fully saturated rings. The number of hydrogen-bond donors (Lipinski definition) is 1. The summed E-state index contributed by atoms with van der Waals surface area (Å²) in [4.78, 5) is 14.9. The molecule has 4 nitrogen and oxygen atoms in total. The number of hydrogen-bond acceptors (Lipinski definition) is 1. The molecule has 5 rings (SSSR count). The molecule has 35 heavy (non-hydrogen) atoms. The van der Waals surface area contributed by atoms with Crippen molar-refractivity contribution in [2.75, 3.05) is 5.32 Å². The zero-order chi connectivity index (χ0) is 24.4. The summed E-state index contributed by atoms with van der Waals surface area (Å²) in [6.45, 7) is 3.64. The molecule has 0 aliphatic heterocycles. The van der Waals surface area contributed by atoms with E-state index < -0.39 is 17.7 Å².